The smallest absolute Gasteiger partial charge is 0.244 e. The normalized spacial score (nSPS) is 11.0. The highest BCUT2D eigenvalue weighted by Crippen LogP contribution is 2.38. The van der Waals surface area contributed by atoms with Gasteiger partial charge in [-0.05, 0) is 55.6 Å². The molecule has 2 rings (SSSR count). The molecule has 0 saturated carbocycles. The topological polar surface area (TPSA) is 61.7 Å². The maximum atomic E-state index is 11.9. The van der Waals surface area contributed by atoms with E-state index in [1.54, 1.807) is 6.07 Å². The number of hydrogen-bond donors (Lipinski definition) is 2. The van der Waals surface area contributed by atoms with Gasteiger partial charge in [0.05, 0.1) is 21.6 Å². The van der Waals surface area contributed by atoms with E-state index in [2.05, 4.69) is 74.2 Å². The first-order valence-electron chi connectivity index (χ1n) is 6.31. The van der Waals surface area contributed by atoms with Gasteiger partial charge in [0.1, 0.15) is 5.75 Å². The highest BCUT2D eigenvalue weighted by molar-refractivity contribution is 9.11. The number of nitrogens with one attached hydrogen (secondary N) is 1. The van der Waals surface area contributed by atoms with Gasteiger partial charge in [-0.1, -0.05) is 44.0 Å². The van der Waals surface area contributed by atoms with Crippen LogP contribution >= 0.6 is 63.7 Å². The second kappa shape index (κ2) is 8.41. The lowest BCUT2D eigenvalue weighted by molar-refractivity contribution is -0.120. The van der Waals surface area contributed by atoms with E-state index in [4.69, 9.17) is 0 Å². The van der Waals surface area contributed by atoms with Crippen molar-refractivity contribution in [2.75, 3.05) is 0 Å². The zero-order valence-corrected chi connectivity index (χ0v) is 17.8. The quantitative estimate of drug-likeness (QED) is 0.396. The minimum Gasteiger partial charge on any atom is -0.506 e. The molecular weight excluding hydrogens is 560 g/mol. The van der Waals surface area contributed by atoms with Crippen molar-refractivity contribution in [3.8, 4) is 5.75 Å². The summed E-state index contributed by atoms with van der Waals surface area (Å²) >= 11 is 13.3. The van der Waals surface area contributed by atoms with Crippen molar-refractivity contribution >= 4 is 75.8 Å². The van der Waals surface area contributed by atoms with Crippen LogP contribution in [0.3, 0.4) is 0 Å². The van der Waals surface area contributed by atoms with E-state index in [-0.39, 0.29) is 18.1 Å². The Morgan fingerprint density at radius 3 is 2.43 bits per heavy atom. The van der Waals surface area contributed by atoms with Crippen molar-refractivity contribution in [1.29, 1.82) is 0 Å². The molecule has 0 unspecified atom stereocenters. The number of hydrogen-bond acceptors (Lipinski definition) is 3. The van der Waals surface area contributed by atoms with Crippen LogP contribution in [0.15, 0.2) is 53.3 Å². The van der Waals surface area contributed by atoms with E-state index < -0.39 is 0 Å². The van der Waals surface area contributed by atoms with Crippen molar-refractivity contribution < 1.29 is 9.90 Å². The van der Waals surface area contributed by atoms with Gasteiger partial charge in [-0.25, -0.2) is 5.43 Å². The summed E-state index contributed by atoms with van der Waals surface area (Å²) in [4.78, 5) is 11.9. The molecule has 0 aliphatic rings. The molecule has 2 aromatic carbocycles. The van der Waals surface area contributed by atoms with Crippen LogP contribution in [0.4, 0.5) is 0 Å². The molecule has 0 atom stereocenters. The fraction of sp³-hybridized carbons (Fsp3) is 0.0667. The standard InChI is InChI=1S/C15H10Br4N2O2/c16-9-3-1-8(2-4-9)5-13(22)21-20-7-10-11(17)6-12(18)15(23)14(10)19/h1-4,6-7,23H,5H2,(H,21,22)/b20-7-. The highest BCUT2D eigenvalue weighted by Gasteiger charge is 2.12. The van der Waals surface area contributed by atoms with Crippen molar-refractivity contribution in [2.24, 2.45) is 5.10 Å². The van der Waals surface area contributed by atoms with Crippen LogP contribution in [0.2, 0.25) is 0 Å². The Balaban J connectivity index is 2.03. The average Bonchev–Trinajstić information content (AvgIpc) is 2.51. The number of phenols is 1. The number of carbonyl (C=O) groups excluding carboxylic acids is 1. The fourth-order valence-electron chi connectivity index (χ4n) is 1.71. The summed E-state index contributed by atoms with van der Waals surface area (Å²) in [5, 5.41) is 13.8. The van der Waals surface area contributed by atoms with Gasteiger partial charge in [0.15, 0.2) is 0 Å². The summed E-state index contributed by atoms with van der Waals surface area (Å²) in [5.74, 6) is -0.159. The molecule has 23 heavy (non-hydrogen) atoms. The summed E-state index contributed by atoms with van der Waals surface area (Å²) in [6, 6.07) is 9.20. The molecule has 0 fully saturated rings. The van der Waals surface area contributed by atoms with Crippen molar-refractivity contribution in [3.63, 3.8) is 0 Å². The first-order chi connectivity index (χ1) is 10.9. The second-order valence-corrected chi connectivity index (χ2v) is 7.93. The van der Waals surface area contributed by atoms with E-state index in [1.807, 2.05) is 24.3 Å². The number of aromatic hydroxyl groups is 1. The number of nitrogens with zero attached hydrogens (tertiary/aromatic N) is 1. The molecule has 0 aliphatic heterocycles. The Morgan fingerprint density at radius 2 is 1.78 bits per heavy atom. The summed E-state index contributed by atoms with van der Waals surface area (Å²) in [6.07, 6.45) is 1.69. The maximum Gasteiger partial charge on any atom is 0.244 e. The van der Waals surface area contributed by atoms with Gasteiger partial charge < -0.3 is 5.11 Å². The molecule has 0 heterocycles. The van der Waals surface area contributed by atoms with Crippen LogP contribution in [-0.2, 0) is 11.2 Å². The molecule has 0 spiro atoms. The SMILES string of the molecule is O=C(Cc1ccc(Br)cc1)N/N=C\c1c(Br)cc(Br)c(O)c1Br. The minimum atomic E-state index is -0.225. The molecule has 2 aromatic rings. The predicted molar refractivity (Wildman–Crippen MR) is 105 cm³/mol. The highest BCUT2D eigenvalue weighted by atomic mass is 79.9. The molecule has 0 saturated heterocycles. The van der Waals surface area contributed by atoms with Crippen LogP contribution < -0.4 is 5.43 Å². The Labute approximate surface area is 166 Å². The zero-order chi connectivity index (χ0) is 17.0. The molecular formula is C15H10Br4N2O2. The third kappa shape index (κ3) is 5.14. The van der Waals surface area contributed by atoms with Crippen LogP contribution in [0, 0.1) is 0 Å². The number of carbonyl (C=O) groups is 1. The molecule has 0 bridgehead atoms. The number of amides is 1. The minimum absolute atomic E-state index is 0.0656. The number of halogens is 4. The first kappa shape index (κ1) is 18.6. The van der Waals surface area contributed by atoms with Gasteiger partial charge in [0.2, 0.25) is 5.91 Å². The monoisotopic (exact) mass is 566 g/mol. The first-order valence-corrected chi connectivity index (χ1v) is 9.48. The third-order valence-corrected chi connectivity index (χ3v) is 5.43. The summed E-state index contributed by atoms with van der Waals surface area (Å²) in [6.45, 7) is 0. The fourth-order valence-corrected chi connectivity index (χ4v) is 4.30. The molecule has 120 valence electrons. The van der Waals surface area contributed by atoms with Gasteiger partial charge in [0.25, 0.3) is 0 Å². The Bertz CT molecular complexity index is 761. The third-order valence-electron chi connectivity index (χ3n) is 2.84. The molecule has 0 radical (unpaired) electrons. The number of hydrazone groups is 1. The molecule has 1 amide bonds. The van der Waals surface area contributed by atoms with E-state index in [1.165, 1.54) is 6.21 Å². The molecule has 0 aromatic heterocycles. The lowest BCUT2D eigenvalue weighted by atomic mass is 10.1. The van der Waals surface area contributed by atoms with Gasteiger partial charge >= 0.3 is 0 Å². The van der Waals surface area contributed by atoms with Crippen LogP contribution in [-0.4, -0.2) is 17.2 Å². The van der Waals surface area contributed by atoms with Gasteiger partial charge in [-0.15, -0.1) is 0 Å². The average molecular weight is 570 g/mol. The van der Waals surface area contributed by atoms with Crippen LogP contribution in [0.25, 0.3) is 0 Å². The Hall–Kier alpha value is -0.700. The second-order valence-electron chi connectivity index (χ2n) is 4.51. The van der Waals surface area contributed by atoms with Gasteiger partial charge in [-0.3, -0.25) is 4.79 Å². The van der Waals surface area contributed by atoms with E-state index in [9.17, 15) is 9.90 Å². The summed E-state index contributed by atoms with van der Waals surface area (Å²) in [7, 11) is 0. The van der Waals surface area contributed by atoms with E-state index in [0.29, 0.717) is 14.5 Å². The van der Waals surface area contributed by atoms with Crippen molar-refractivity contribution in [2.45, 2.75) is 6.42 Å². The van der Waals surface area contributed by atoms with Gasteiger partial charge in [0, 0.05) is 14.5 Å². The number of benzene rings is 2. The Morgan fingerprint density at radius 1 is 1.13 bits per heavy atom. The van der Waals surface area contributed by atoms with Gasteiger partial charge in [-0.2, -0.15) is 5.10 Å². The number of rotatable bonds is 4. The lowest BCUT2D eigenvalue weighted by Crippen LogP contribution is -2.19. The van der Waals surface area contributed by atoms with Crippen LogP contribution in [0.1, 0.15) is 11.1 Å². The largest absolute Gasteiger partial charge is 0.506 e. The van der Waals surface area contributed by atoms with E-state index in [0.717, 1.165) is 14.5 Å². The van der Waals surface area contributed by atoms with Crippen molar-refractivity contribution in [3.05, 3.63) is 59.3 Å². The molecule has 4 nitrogen and oxygen atoms in total. The summed E-state index contributed by atoms with van der Waals surface area (Å²) in [5.41, 5.74) is 3.98. The van der Waals surface area contributed by atoms with Crippen molar-refractivity contribution in [1.82, 2.24) is 5.43 Å². The molecule has 8 heteroatoms. The van der Waals surface area contributed by atoms with Crippen LogP contribution in [0.5, 0.6) is 5.75 Å². The maximum absolute atomic E-state index is 11.9. The number of phenolic OH excluding ortho intramolecular Hbond substituents is 1. The summed E-state index contributed by atoms with van der Waals surface area (Å²) < 4.78 is 2.71. The molecule has 0 aliphatic carbocycles. The predicted octanol–water partition coefficient (Wildman–Crippen LogP) is 5.14. The molecule has 2 N–H and O–H groups in total. The zero-order valence-electron chi connectivity index (χ0n) is 11.5. The Kier molecular flexibility index (Phi) is 6.82. The van der Waals surface area contributed by atoms with E-state index >= 15 is 0 Å². The lowest BCUT2D eigenvalue weighted by Gasteiger charge is -2.07.